The van der Waals surface area contributed by atoms with Crippen LogP contribution in [-0.2, 0) is 13.0 Å². The van der Waals surface area contributed by atoms with E-state index < -0.39 is 0 Å². The fraction of sp³-hybridized carbons (Fsp3) is 0.238. The third-order valence-electron chi connectivity index (χ3n) is 4.11. The monoisotopic (exact) mass is 368 g/mol. The van der Waals surface area contributed by atoms with Crippen molar-refractivity contribution in [3.63, 3.8) is 0 Å². The molecular formula is C21H21FN2OS. The molecule has 26 heavy (non-hydrogen) atoms. The number of benzene rings is 2. The Kier molecular flexibility index (Phi) is 5.78. The summed E-state index contributed by atoms with van der Waals surface area (Å²) in [5.41, 5.74) is 2.65. The van der Waals surface area contributed by atoms with Crippen LogP contribution in [0.25, 0.3) is 11.3 Å². The number of hydrogen-bond acceptors (Lipinski definition) is 2. The Morgan fingerprint density at radius 2 is 1.77 bits per heavy atom. The molecule has 5 heteroatoms. The molecule has 134 valence electrons. The maximum atomic E-state index is 13.1. The van der Waals surface area contributed by atoms with Gasteiger partial charge in [-0.25, -0.2) is 4.39 Å². The average Bonchev–Trinajstić information content (AvgIpc) is 3.00. The Labute approximate surface area is 156 Å². The number of amides is 1. The first kappa shape index (κ1) is 18.3. The standard InChI is InChI=1S/C21H21FN2OS/c1-3-8-18-19(15-9-6-5-7-10-15)24(4-2)21(26-18)23-20(25)16-11-13-17(22)14-12-16/h5-7,9-14H,3-4,8H2,1-2H3. The zero-order valence-corrected chi connectivity index (χ0v) is 15.7. The molecule has 3 aromatic rings. The van der Waals surface area contributed by atoms with Crippen LogP contribution in [-0.4, -0.2) is 10.5 Å². The second kappa shape index (κ2) is 8.23. The van der Waals surface area contributed by atoms with Crippen molar-refractivity contribution in [3.05, 3.63) is 75.7 Å². The number of rotatable bonds is 5. The van der Waals surface area contributed by atoms with Crippen molar-refractivity contribution in [2.24, 2.45) is 4.99 Å². The molecular weight excluding hydrogens is 347 g/mol. The van der Waals surface area contributed by atoms with Crippen molar-refractivity contribution >= 4 is 17.2 Å². The number of carbonyl (C=O) groups is 1. The molecule has 0 aliphatic heterocycles. The van der Waals surface area contributed by atoms with E-state index in [-0.39, 0.29) is 11.7 Å². The smallest absolute Gasteiger partial charge is 0.279 e. The third kappa shape index (κ3) is 3.83. The second-order valence-corrected chi connectivity index (χ2v) is 7.00. The van der Waals surface area contributed by atoms with Gasteiger partial charge < -0.3 is 4.57 Å². The van der Waals surface area contributed by atoms with Gasteiger partial charge in [-0.05, 0) is 43.2 Å². The van der Waals surface area contributed by atoms with E-state index in [1.54, 1.807) is 11.3 Å². The summed E-state index contributed by atoms with van der Waals surface area (Å²) in [7, 11) is 0. The Balaban J connectivity index is 2.12. The van der Waals surface area contributed by atoms with Crippen LogP contribution >= 0.6 is 11.3 Å². The van der Waals surface area contributed by atoms with Crippen molar-refractivity contribution in [1.29, 1.82) is 0 Å². The highest BCUT2D eigenvalue weighted by molar-refractivity contribution is 7.09. The summed E-state index contributed by atoms with van der Waals surface area (Å²) in [4.78, 5) is 18.8. The summed E-state index contributed by atoms with van der Waals surface area (Å²) in [6.45, 7) is 4.92. The van der Waals surface area contributed by atoms with E-state index in [2.05, 4.69) is 35.5 Å². The fourth-order valence-electron chi connectivity index (χ4n) is 2.89. The molecule has 3 rings (SSSR count). The van der Waals surface area contributed by atoms with Gasteiger partial charge in [-0.3, -0.25) is 4.79 Å². The zero-order valence-electron chi connectivity index (χ0n) is 14.9. The summed E-state index contributed by atoms with van der Waals surface area (Å²) in [6, 6.07) is 15.7. The van der Waals surface area contributed by atoms with Gasteiger partial charge in [-0.1, -0.05) is 43.7 Å². The normalized spacial score (nSPS) is 11.7. The van der Waals surface area contributed by atoms with E-state index in [9.17, 15) is 9.18 Å². The summed E-state index contributed by atoms with van der Waals surface area (Å²) < 4.78 is 15.2. The van der Waals surface area contributed by atoms with Crippen LogP contribution in [0.3, 0.4) is 0 Å². The molecule has 0 unspecified atom stereocenters. The van der Waals surface area contributed by atoms with Crippen LogP contribution in [0.4, 0.5) is 4.39 Å². The molecule has 0 saturated carbocycles. The summed E-state index contributed by atoms with van der Waals surface area (Å²) in [6.07, 6.45) is 1.96. The molecule has 3 nitrogen and oxygen atoms in total. The first-order valence-electron chi connectivity index (χ1n) is 8.76. The highest BCUT2D eigenvalue weighted by Gasteiger charge is 2.15. The highest BCUT2D eigenvalue weighted by Crippen LogP contribution is 2.27. The Morgan fingerprint density at radius 1 is 1.08 bits per heavy atom. The van der Waals surface area contributed by atoms with Gasteiger partial charge >= 0.3 is 0 Å². The number of aromatic nitrogens is 1. The van der Waals surface area contributed by atoms with Crippen molar-refractivity contribution in [2.75, 3.05) is 0 Å². The quantitative estimate of drug-likeness (QED) is 0.619. The lowest BCUT2D eigenvalue weighted by molar-refractivity contribution is 0.0998. The van der Waals surface area contributed by atoms with E-state index in [0.717, 1.165) is 30.6 Å². The molecule has 0 fully saturated rings. The predicted octanol–water partition coefficient (Wildman–Crippen LogP) is 5.07. The van der Waals surface area contributed by atoms with Crippen LogP contribution in [0.1, 0.15) is 35.5 Å². The van der Waals surface area contributed by atoms with E-state index in [1.165, 1.54) is 29.1 Å². The molecule has 0 N–H and O–H groups in total. The van der Waals surface area contributed by atoms with E-state index >= 15 is 0 Å². The van der Waals surface area contributed by atoms with Crippen molar-refractivity contribution in [2.45, 2.75) is 33.2 Å². The third-order valence-corrected chi connectivity index (χ3v) is 5.25. The van der Waals surface area contributed by atoms with Gasteiger partial charge in [0.15, 0.2) is 4.80 Å². The second-order valence-electron chi connectivity index (χ2n) is 5.94. The van der Waals surface area contributed by atoms with Gasteiger partial charge in [0.1, 0.15) is 5.82 Å². The number of carbonyl (C=O) groups excluding carboxylic acids is 1. The minimum absolute atomic E-state index is 0.351. The lowest BCUT2D eigenvalue weighted by atomic mass is 10.1. The maximum Gasteiger partial charge on any atom is 0.279 e. The topological polar surface area (TPSA) is 34.4 Å². The van der Waals surface area contributed by atoms with E-state index in [1.807, 2.05) is 18.2 Å². The molecule has 1 amide bonds. The molecule has 1 aromatic heterocycles. The molecule has 0 bridgehead atoms. The van der Waals surface area contributed by atoms with E-state index in [0.29, 0.717) is 10.4 Å². The summed E-state index contributed by atoms with van der Waals surface area (Å²) in [5.74, 6) is -0.714. The molecule has 2 aromatic carbocycles. The predicted molar refractivity (Wildman–Crippen MR) is 104 cm³/mol. The Hall–Kier alpha value is -2.53. The Bertz CT molecular complexity index is 956. The number of nitrogens with zero attached hydrogens (tertiary/aromatic N) is 2. The number of hydrogen-bond donors (Lipinski definition) is 0. The summed E-state index contributed by atoms with van der Waals surface area (Å²) in [5, 5.41) is 0. The van der Waals surface area contributed by atoms with Gasteiger partial charge in [-0.2, -0.15) is 4.99 Å². The Morgan fingerprint density at radius 3 is 2.38 bits per heavy atom. The highest BCUT2D eigenvalue weighted by atomic mass is 32.1. The minimum atomic E-state index is -0.363. The zero-order chi connectivity index (χ0) is 18.5. The van der Waals surface area contributed by atoms with Gasteiger partial charge in [0.2, 0.25) is 0 Å². The fourth-order valence-corrected chi connectivity index (χ4v) is 4.20. The SMILES string of the molecule is CCCc1sc(=NC(=O)c2ccc(F)cc2)n(CC)c1-c1ccccc1. The molecule has 0 atom stereocenters. The number of thiazole rings is 1. The molecule has 0 spiro atoms. The first-order chi connectivity index (χ1) is 12.6. The molecule has 0 aliphatic carbocycles. The lowest BCUT2D eigenvalue weighted by Crippen LogP contribution is -2.17. The van der Waals surface area contributed by atoms with Crippen LogP contribution in [0.15, 0.2) is 59.6 Å². The van der Waals surface area contributed by atoms with Gasteiger partial charge in [0.25, 0.3) is 5.91 Å². The average molecular weight is 368 g/mol. The van der Waals surface area contributed by atoms with Crippen LogP contribution < -0.4 is 4.80 Å². The lowest BCUT2D eigenvalue weighted by Gasteiger charge is -2.08. The minimum Gasteiger partial charge on any atom is -0.316 e. The first-order valence-corrected chi connectivity index (χ1v) is 9.58. The molecule has 1 heterocycles. The molecule has 0 radical (unpaired) electrons. The molecule has 0 saturated heterocycles. The van der Waals surface area contributed by atoms with Crippen molar-refractivity contribution in [3.8, 4) is 11.3 Å². The van der Waals surface area contributed by atoms with Gasteiger partial charge in [0, 0.05) is 17.0 Å². The summed E-state index contributed by atoms with van der Waals surface area (Å²) >= 11 is 1.56. The van der Waals surface area contributed by atoms with E-state index in [4.69, 9.17) is 0 Å². The maximum absolute atomic E-state index is 13.1. The van der Waals surface area contributed by atoms with Crippen LogP contribution in [0, 0.1) is 5.82 Å². The van der Waals surface area contributed by atoms with Crippen LogP contribution in [0.5, 0.6) is 0 Å². The number of halogens is 1. The van der Waals surface area contributed by atoms with Crippen molar-refractivity contribution < 1.29 is 9.18 Å². The van der Waals surface area contributed by atoms with Crippen molar-refractivity contribution in [1.82, 2.24) is 4.57 Å². The van der Waals surface area contributed by atoms with Gasteiger partial charge in [-0.15, -0.1) is 11.3 Å². The number of aryl methyl sites for hydroxylation is 1. The molecule has 0 aliphatic rings. The van der Waals surface area contributed by atoms with Crippen LogP contribution in [0.2, 0.25) is 0 Å². The van der Waals surface area contributed by atoms with Gasteiger partial charge in [0.05, 0.1) is 5.69 Å². The largest absolute Gasteiger partial charge is 0.316 e.